The monoisotopic (exact) mass is 231 g/mol. The van der Waals surface area contributed by atoms with Gasteiger partial charge in [0.2, 0.25) is 0 Å². The van der Waals surface area contributed by atoms with E-state index in [9.17, 15) is 4.79 Å². The van der Waals surface area contributed by atoms with E-state index >= 15 is 0 Å². The van der Waals surface area contributed by atoms with Gasteiger partial charge in [-0.3, -0.25) is 4.57 Å². The number of aromatic nitrogens is 2. The van der Waals surface area contributed by atoms with Gasteiger partial charge in [-0.25, -0.2) is 9.78 Å². The lowest BCUT2D eigenvalue weighted by atomic mass is 10.2. The number of benzene rings is 1. The summed E-state index contributed by atoms with van der Waals surface area (Å²) in [5, 5.41) is 8.97. The Morgan fingerprint density at radius 1 is 1.53 bits per heavy atom. The molecule has 1 aliphatic rings. The van der Waals surface area contributed by atoms with Crippen LogP contribution in [0.4, 0.5) is 5.69 Å². The van der Waals surface area contributed by atoms with Gasteiger partial charge in [0.05, 0.1) is 11.4 Å². The van der Waals surface area contributed by atoms with Gasteiger partial charge in [-0.2, -0.15) is 0 Å². The molecular formula is C11H9N3O3. The third-order valence-electron chi connectivity index (χ3n) is 2.68. The third kappa shape index (κ3) is 1.34. The van der Waals surface area contributed by atoms with Gasteiger partial charge in [0, 0.05) is 11.8 Å². The number of rotatable bonds is 1. The lowest BCUT2D eigenvalue weighted by Gasteiger charge is -2.20. The number of hydrogen-bond acceptors (Lipinski definition) is 4. The quantitative estimate of drug-likeness (QED) is 0.716. The lowest BCUT2D eigenvalue weighted by molar-refractivity contribution is 0.0687. The van der Waals surface area contributed by atoms with Gasteiger partial charge in [0.1, 0.15) is 18.7 Å². The van der Waals surface area contributed by atoms with Gasteiger partial charge in [0.25, 0.3) is 0 Å². The molecule has 0 bridgehead atoms. The van der Waals surface area contributed by atoms with Crippen molar-refractivity contribution in [2.24, 2.45) is 0 Å². The molecule has 17 heavy (non-hydrogen) atoms. The predicted octanol–water partition coefficient (Wildman–Crippen LogP) is 1.05. The maximum absolute atomic E-state index is 10.9. The summed E-state index contributed by atoms with van der Waals surface area (Å²) in [6, 6.07) is 5.22. The van der Waals surface area contributed by atoms with Crippen LogP contribution < -0.4 is 10.5 Å². The fraction of sp³-hybridized carbons (Fsp3) is 0.0909. The molecule has 3 N–H and O–H groups in total. The molecule has 86 valence electrons. The summed E-state index contributed by atoms with van der Waals surface area (Å²) in [4.78, 5) is 14.8. The molecule has 2 heterocycles. The molecule has 0 radical (unpaired) electrons. The van der Waals surface area contributed by atoms with Crippen LogP contribution in [-0.4, -0.2) is 20.6 Å². The average molecular weight is 231 g/mol. The minimum Gasteiger partial charge on any atom is -0.485 e. The van der Waals surface area contributed by atoms with Crippen LogP contribution in [0.1, 0.15) is 16.2 Å². The van der Waals surface area contributed by atoms with Crippen molar-refractivity contribution in [3.05, 3.63) is 35.9 Å². The van der Waals surface area contributed by atoms with Crippen LogP contribution in [0.15, 0.2) is 24.5 Å². The molecular weight excluding hydrogens is 222 g/mol. The first-order chi connectivity index (χ1) is 8.16. The highest BCUT2D eigenvalue weighted by Gasteiger charge is 2.24. The van der Waals surface area contributed by atoms with Crippen molar-refractivity contribution in [1.29, 1.82) is 0 Å². The van der Waals surface area contributed by atoms with E-state index in [2.05, 4.69) is 4.98 Å². The second-order valence-corrected chi connectivity index (χ2v) is 3.73. The lowest BCUT2D eigenvalue weighted by Crippen LogP contribution is -2.15. The van der Waals surface area contributed by atoms with Crippen molar-refractivity contribution in [2.75, 3.05) is 5.73 Å². The Bertz CT molecular complexity index is 618. The van der Waals surface area contributed by atoms with Gasteiger partial charge < -0.3 is 15.6 Å². The Balaban J connectivity index is 2.21. The summed E-state index contributed by atoms with van der Waals surface area (Å²) >= 11 is 0. The first-order valence-corrected chi connectivity index (χ1v) is 4.99. The number of fused-ring (bicyclic) bond motifs is 3. The highest BCUT2D eigenvalue weighted by molar-refractivity contribution is 5.87. The molecule has 0 fully saturated rings. The molecule has 1 aromatic carbocycles. The summed E-state index contributed by atoms with van der Waals surface area (Å²) in [5.41, 5.74) is 7.57. The summed E-state index contributed by atoms with van der Waals surface area (Å²) in [6.07, 6.45) is 1.48. The van der Waals surface area contributed by atoms with Crippen LogP contribution in [-0.2, 0) is 6.61 Å². The van der Waals surface area contributed by atoms with Crippen LogP contribution in [0.3, 0.4) is 0 Å². The third-order valence-corrected chi connectivity index (χ3v) is 2.68. The number of imidazole rings is 1. The van der Waals surface area contributed by atoms with Crippen LogP contribution in [0, 0.1) is 0 Å². The number of carboxylic acid groups (broad SMARTS) is 1. The van der Waals surface area contributed by atoms with E-state index in [0.29, 0.717) is 17.1 Å². The van der Waals surface area contributed by atoms with Crippen molar-refractivity contribution in [3.8, 4) is 11.4 Å². The Morgan fingerprint density at radius 2 is 2.35 bits per heavy atom. The number of nitrogens with zero attached hydrogens (tertiary/aromatic N) is 2. The van der Waals surface area contributed by atoms with Crippen LogP contribution >= 0.6 is 0 Å². The van der Waals surface area contributed by atoms with Gasteiger partial charge in [0.15, 0.2) is 5.69 Å². The number of carbonyl (C=O) groups is 1. The van der Waals surface area contributed by atoms with Gasteiger partial charge in [-0.05, 0) is 12.1 Å². The molecule has 6 nitrogen and oxygen atoms in total. The SMILES string of the molecule is Nc1ccc2c(c1)OCc1c(C(=O)O)ncn1-2. The predicted molar refractivity (Wildman–Crippen MR) is 59.3 cm³/mol. The molecule has 6 heteroatoms. The minimum atomic E-state index is -1.05. The second-order valence-electron chi connectivity index (χ2n) is 3.73. The molecule has 0 unspecified atom stereocenters. The number of nitrogens with two attached hydrogens (primary N) is 1. The van der Waals surface area contributed by atoms with Gasteiger partial charge in [-0.15, -0.1) is 0 Å². The van der Waals surface area contributed by atoms with Crippen LogP contribution in [0.25, 0.3) is 5.69 Å². The molecule has 1 aliphatic heterocycles. The molecule has 1 aromatic heterocycles. The number of hydrogen-bond donors (Lipinski definition) is 2. The fourth-order valence-corrected chi connectivity index (χ4v) is 1.89. The number of anilines is 1. The standard InChI is InChI=1S/C11H9N3O3/c12-6-1-2-7-9(3-6)17-4-8-10(11(15)16)13-5-14(7)8/h1-3,5H,4,12H2,(H,15,16). The van der Waals surface area contributed by atoms with E-state index in [4.69, 9.17) is 15.6 Å². The van der Waals surface area contributed by atoms with Crippen molar-refractivity contribution in [3.63, 3.8) is 0 Å². The Morgan fingerprint density at radius 3 is 3.12 bits per heavy atom. The molecule has 0 atom stereocenters. The van der Waals surface area contributed by atoms with Crippen LogP contribution in [0.2, 0.25) is 0 Å². The van der Waals surface area contributed by atoms with Gasteiger partial charge in [-0.1, -0.05) is 0 Å². The molecule has 0 amide bonds. The normalized spacial score (nSPS) is 12.5. The molecule has 0 saturated heterocycles. The Kier molecular flexibility index (Phi) is 1.85. The van der Waals surface area contributed by atoms with E-state index in [1.807, 2.05) is 0 Å². The zero-order chi connectivity index (χ0) is 12.0. The highest BCUT2D eigenvalue weighted by Crippen LogP contribution is 2.32. The topological polar surface area (TPSA) is 90.4 Å². The maximum Gasteiger partial charge on any atom is 0.356 e. The number of ether oxygens (including phenoxy) is 1. The molecule has 0 aliphatic carbocycles. The zero-order valence-electron chi connectivity index (χ0n) is 8.75. The summed E-state index contributed by atoms with van der Waals surface area (Å²) < 4.78 is 7.19. The molecule has 0 spiro atoms. The van der Waals surface area contributed by atoms with E-state index in [1.54, 1.807) is 22.8 Å². The summed E-state index contributed by atoms with van der Waals surface area (Å²) in [7, 11) is 0. The number of aromatic carboxylic acids is 1. The average Bonchev–Trinajstić information content (AvgIpc) is 2.72. The summed E-state index contributed by atoms with van der Waals surface area (Å²) in [6.45, 7) is 0.179. The van der Waals surface area contributed by atoms with Crippen molar-refractivity contribution in [1.82, 2.24) is 9.55 Å². The fourth-order valence-electron chi connectivity index (χ4n) is 1.89. The zero-order valence-corrected chi connectivity index (χ0v) is 8.75. The first kappa shape index (κ1) is 9.71. The van der Waals surface area contributed by atoms with Crippen molar-refractivity contribution in [2.45, 2.75) is 6.61 Å². The second kappa shape index (κ2) is 3.24. The van der Waals surface area contributed by atoms with E-state index in [1.165, 1.54) is 6.33 Å². The number of carboxylic acids is 1. The van der Waals surface area contributed by atoms with E-state index < -0.39 is 5.97 Å². The minimum absolute atomic E-state index is 0.0208. The Hall–Kier alpha value is -2.50. The van der Waals surface area contributed by atoms with Crippen molar-refractivity contribution >= 4 is 11.7 Å². The summed E-state index contributed by atoms with van der Waals surface area (Å²) in [5.74, 6) is -0.423. The number of nitrogen functional groups attached to an aromatic ring is 1. The molecule has 2 aromatic rings. The van der Waals surface area contributed by atoms with Gasteiger partial charge >= 0.3 is 5.97 Å². The Labute approximate surface area is 96.3 Å². The van der Waals surface area contributed by atoms with Crippen molar-refractivity contribution < 1.29 is 14.6 Å². The highest BCUT2D eigenvalue weighted by atomic mass is 16.5. The molecule has 0 saturated carbocycles. The molecule has 3 rings (SSSR count). The first-order valence-electron chi connectivity index (χ1n) is 4.99. The van der Waals surface area contributed by atoms with E-state index in [-0.39, 0.29) is 12.3 Å². The largest absolute Gasteiger partial charge is 0.485 e. The maximum atomic E-state index is 10.9. The van der Waals surface area contributed by atoms with E-state index in [0.717, 1.165) is 5.69 Å². The van der Waals surface area contributed by atoms with Crippen LogP contribution in [0.5, 0.6) is 5.75 Å². The smallest absolute Gasteiger partial charge is 0.356 e.